The van der Waals surface area contributed by atoms with Gasteiger partial charge in [-0.1, -0.05) is 6.92 Å². The van der Waals surface area contributed by atoms with Crippen molar-refractivity contribution < 1.29 is 0 Å². The maximum atomic E-state index is 4.56. The standard InChI is InChI=1S/C15H24N4/c1-2-7-17-14-9-16-10-15(19-14)18-8-13(11-3-4-11)12-5-6-12/h9-13H,2-8H2,1H3,(H2,17,18,19). The maximum Gasteiger partial charge on any atom is 0.146 e. The van der Waals surface area contributed by atoms with Crippen LogP contribution in [0.5, 0.6) is 0 Å². The Morgan fingerprint density at radius 2 is 1.74 bits per heavy atom. The van der Waals surface area contributed by atoms with Crippen molar-refractivity contribution in [1.82, 2.24) is 9.97 Å². The number of hydrogen-bond donors (Lipinski definition) is 2. The molecule has 1 aromatic heterocycles. The molecule has 0 saturated heterocycles. The summed E-state index contributed by atoms with van der Waals surface area (Å²) in [6, 6.07) is 0. The predicted molar refractivity (Wildman–Crippen MR) is 78.2 cm³/mol. The molecule has 4 nitrogen and oxygen atoms in total. The molecule has 2 saturated carbocycles. The van der Waals surface area contributed by atoms with Crippen LogP contribution in [0.15, 0.2) is 12.4 Å². The Morgan fingerprint density at radius 3 is 2.32 bits per heavy atom. The Bertz CT molecular complexity index is 400. The number of aromatic nitrogens is 2. The minimum absolute atomic E-state index is 0.869. The molecule has 3 rings (SSSR count). The lowest BCUT2D eigenvalue weighted by atomic mass is 9.98. The molecular weight excluding hydrogens is 236 g/mol. The smallest absolute Gasteiger partial charge is 0.146 e. The topological polar surface area (TPSA) is 49.8 Å². The highest BCUT2D eigenvalue weighted by Gasteiger charge is 2.41. The van der Waals surface area contributed by atoms with Gasteiger partial charge in [0, 0.05) is 13.1 Å². The molecule has 2 N–H and O–H groups in total. The van der Waals surface area contributed by atoms with Crippen molar-refractivity contribution in [3.8, 4) is 0 Å². The molecule has 0 unspecified atom stereocenters. The predicted octanol–water partition coefficient (Wildman–Crippen LogP) is 3.15. The molecule has 1 heterocycles. The first-order chi connectivity index (χ1) is 9.36. The lowest BCUT2D eigenvalue weighted by Crippen LogP contribution is -2.19. The molecule has 0 aromatic carbocycles. The Morgan fingerprint density at radius 1 is 1.11 bits per heavy atom. The van der Waals surface area contributed by atoms with E-state index in [2.05, 4.69) is 27.5 Å². The summed E-state index contributed by atoms with van der Waals surface area (Å²) in [5.41, 5.74) is 0. The minimum Gasteiger partial charge on any atom is -0.369 e. The van der Waals surface area contributed by atoms with Crippen molar-refractivity contribution in [3.63, 3.8) is 0 Å². The minimum atomic E-state index is 0.869. The van der Waals surface area contributed by atoms with Crippen LogP contribution in [0.2, 0.25) is 0 Å². The van der Waals surface area contributed by atoms with Crippen LogP contribution in [0.3, 0.4) is 0 Å². The molecule has 0 aliphatic heterocycles. The first-order valence-corrected chi connectivity index (χ1v) is 7.66. The van der Waals surface area contributed by atoms with Gasteiger partial charge in [0.2, 0.25) is 0 Å². The highest BCUT2D eigenvalue weighted by Crippen LogP contribution is 2.49. The second-order valence-electron chi connectivity index (χ2n) is 5.94. The van der Waals surface area contributed by atoms with E-state index in [4.69, 9.17) is 0 Å². The van der Waals surface area contributed by atoms with Crippen molar-refractivity contribution in [3.05, 3.63) is 12.4 Å². The third kappa shape index (κ3) is 3.58. The average molecular weight is 260 g/mol. The summed E-state index contributed by atoms with van der Waals surface area (Å²) in [5, 5.41) is 6.77. The van der Waals surface area contributed by atoms with Gasteiger partial charge in [-0.3, -0.25) is 4.98 Å². The monoisotopic (exact) mass is 260 g/mol. The van der Waals surface area contributed by atoms with Gasteiger partial charge >= 0.3 is 0 Å². The first-order valence-electron chi connectivity index (χ1n) is 7.66. The molecule has 0 amide bonds. The summed E-state index contributed by atoms with van der Waals surface area (Å²) in [6.45, 7) is 4.17. The summed E-state index contributed by atoms with van der Waals surface area (Å²) in [4.78, 5) is 8.81. The fraction of sp³-hybridized carbons (Fsp3) is 0.733. The zero-order valence-electron chi connectivity index (χ0n) is 11.7. The van der Waals surface area contributed by atoms with Crippen LogP contribution >= 0.6 is 0 Å². The lowest BCUT2D eigenvalue weighted by Gasteiger charge is -2.16. The highest BCUT2D eigenvalue weighted by molar-refractivity contribution is 5.41. The summed E-state index contributed by atoms with van der Waals surface area (Å²) >= 11 is 0. The number of nitrogens with one attached hydrogen (secondary N) is 2. The van der Waals surface area contributed by atoms with Gasteiger partial charge in [-0.25, -0.2) is 4.98 Å². The number of rotatable bonds is 8. The van der Waals surface area contributed by atoms with Gasteiger partial charge in [0.25, 0.3) is 0 Å². The molecule has 0 radical (unpaired) electrons. The van der Waals surface area contributed by atoms with Crippen molar-refractivity contribution >= 4 is 11.6 Å². The van der Waals surface area contributed by atoms with E-state index in [0.29, 0.717) is 0 Å². The molecule has 2 aliphatic rings. The molecule has 104 valence electrons. The van der Waals surface area contributed by atoms with Gasteiger partial charge in [0.05, 0.1) is 12.4 Å². The molecular formula is C15H24N4. The van der Waals surface area contributed by atoms with Gasteiger partial charge < -0.3 is 10.6 Å². The SMILES string of the molecule is CCCNc1cncc(NCC(C2CC2)C2CC2)n1. The quantitative estimate of drug-likeness (QED) is 0.754. The van der Waals surface area contributed by atoms with Gasteiger partial charge in [-0.05, 0) is 49.9 Å². The van der Waals surface area contributed by atoms with Gasteiger partial charge in [0.1, 0.15) is 11.6 Å². The van der Waals surface area contributed by atoms with Crippen molar-refractivity contribution in [2.24, 2.45) is 17.8 Å². The fourth-order valence-corrected chi connectivity index (χ4v) is 2.78. The molecule has 0 spiro atoms. The molecule has 2 fully saturated rings. The molecule has 0 atom stereocenters. The second kappa shape index (κ2) is 5.76. The first kappa shape index (κ1) is 12.7. The van der Waals surface area contributed by atoms with Crippen LogP contribution in [-0.2, 0) is 0 Å². The molecule has 1 aromatic rings. The van der Waals surface area contributed by atoms with E-state index in [1.807, 2.05) is 6.20 Å². The Kier molecular flexibility index (Phi) is 3.85. The van der Waals surface area contributed by atoms with E-state index >= 15 is 0 Å². The Labute approximate surface area is 115 Å². The summed E-state index contributed by atoms with van der Waals surface area (Å²) < 4.78 is 0. The van der Waals surface area contributed by atoms with E-state index < -0.39 is 0 Å². The lowest BCUT2D eigenvalue weighted by molar-refractivity contribution is 0.427. The third-order valence-electron chi connectivity index (χ3n) is 4.16. The van der Waals surface area contributed by atoms with E-state index in [-0.39, 0.29) is 0 Å². The molecule has 19 heavy (non-hydrogen) atoms. The Hall–Kier alpha value is -1.32. The van der Waals surface area contributed by atoms with Crippen LogP contribution in [-0.4, -0.2) is 23.1 Å². The van der Waals surface area contributed by atoms with Crippen LogP contribution < -0.4 is 10.6 Å². The Balaban J connectivity index is 1.53. The zero-order chi connectivity index (χ0) is 13.1. The van der Waals surface area contributed by atoms with Crippen molar-refractivity contribution in [2.75, 3.05) is 23.7 Å². The van der Waals surface area contributed by atoms with Crippen LogP contribution in [0.4, 0.5) is 11.6 Å². The van der Waals surface area contributed by atoms with Crippen LogP contribution in [0.25, 0.3) is 0 Å². The molecule has 2 aliphatic carbocycles. The van der Waals surface area contributed by atoms with Gasteiger partial charge in [-0.15, -0.1) is 0 Å². The fourth-order valence-electron chi connectivity index (χ4n) is 2.78. The highest BCUT2D eigenvalue weighted by atomic mass is 15.1. The maximum absolute atomic E-state index is 4.56. The summed E-state index contributed by atoms with van der Waals surface area (Å²) in [7, 11) is 0. The number of nitrogens with zero attached hydrogens (tertiary/aromatic N) is 2. The largest absolute Gasteiger partial charge is 0.369 e. The number of anilines is 2. The van der Waals surface area contributed by atoms with E-state index in [9.17, 15) is 0 Å². The van der Waals surface area contributed by atoms with Gasteiger partial charge in [-0.2, -0.15) is 0 Å². The average Bonchev–Trinajstić information content (AvgIpc) is 3.29. The second-order valence-corrected chi connectivity index (χ2v) is 5.94. The van der Waals surface area contributed by atoms with Crippen molar-refractivity contribution in [2.45, 2.75) is 39.0 Å². The summed E-state index contributed by atoms with van der Waals surface area (Å²) in [5.74, 6) is 4.62. The summed E-state index contributed by atoms with van der Waals surface area (Å²) in [6.07, 6.45) is 10.5. The normalized spacial score (nSPS) is 18.6. The van der Waals surface area contributed by atoms with Crippen LogP contribution in [0, 0.1) is 17.8 Å². The molecule has 0 bridgehead atoms. The van der Waals surface area contributed by atoms with Crippen LogP contribution in [0.1, 0.15) is 39.0 Å². The zero-order valence-corrected chi connectivity index (χ0v) is 11.7. The molecule has 4 heteroatoms. The van der Waals surface area contributed by atoms with E-state index in [1.165, 1.54) is 25.7 Å². The van der Waals surface area contributed by atoms with E-state index in [1.54, 1.807) is 6.20 Å². The third-order valence-corrected chi connectivity index (χ3v) is 4.16. The van der Waals surface area contributed by atoms with Crippen molar-refractivity contribution in [1.29, 1.82) is 0 Å². The van der Waals surface area contributed by atoms with E-state index in [0.717, 1.165) is 48.9 Å². The number of hydrogen-bond acceptors (Lipinski definition) is 4. The van der Waals surface area contributed by atoms with Gasteiger partial charge in [0.15, 0.2) is 0 Å².